The standard InChI is InChI=1S/C31H43NO10/c1-28(2,26(38)27(39)40)16-32-23(36)7-8-24(37)42-15-22(35)31(41)12-10-20-19-6-5-17-13-18(33)9-11-29(17,3)25(19)21(34)14-30(20,31)4/h13,19-20,25-26,38,41H,5-12,14-16H2,1-4H3,(H,32,36)(H,39,40)/t19-,20+,25-,26-,29-,30-,31-/m0/s1. The molecule has 0 saturated heterocycles. The van der Waals surface area contributed by atoms with Gasteiger partial charge in [-0.15, -0.1) is 0 Å². The Morgan fingerprint density at radius 2 is 1.79 bits per heavy atom. The maximum Gasteiger partial charge on any atom is 0.333 e. The molecule has 0 aromatic carbocycles. The van der Waals surface area contributed by atoms with Crippen molar-refractivity contribution in [1.82, 2.24) is 5.32 Å². The van der Waals surface area contributed by atoms with Crippen molar-refractivity contribution in [2.75, 3.05) is 13.2 Å². The number of rotatable bonds is 10. The molecule has 4 N–H and O–H groups in total. The number of esters is 1. The van der Waals surface area contributed by atoms with Crippen LogP contribution in [0.1, 0.15) is 85.5 Å². The molecule has 0 bridgehead atoms. The zero-order valence-electron chi connectivity index (χ0n) is 24.9. The third-order valence-electron chi connectivity index (χ3n) is 10.9. The van der Waals surface area contributed by atoms with E-state index in [1.54, 1.807) is 13.0 Å². The Morgan fingerprint density at radius 3 is 2.45 bits per heavy atom. The normalized spacial score (nSPS) is 34.8. The number of hydrogen-bond donors (Lipinski definition) is 4. The van der Waals surface area contributed by atoms with Crippen LogP contribution in [0.4, 0.5) is 0 Å². The Bertz CT molecular complexity index is 1220. The highest BCUT2D eigenvalue weighted by Crippen LogP contribution is 2.66. The molecule has 0 radical (unpaired) electrons. The number of hydrogen-bond acceptors (Lipinski definition) is 9. The molecule has 4 aliphatic carbocycles. The third-order valence-corrected chi connectivity index (χ3v) is 10.9. The Labute approximate surface area is 245 Å². The van der Waals surface area contributed by atoms with E-state index in [0.717, 1.165) is 18.4 Å². The van der Waals surface area contributed by atoms with Gasteiger partial charge < -0.3 is 25.4 Å². The number of allylic oxidation sites excluding steroid dienone is 1. The lowest BCUT2D eigenvalue weighted by atomic mass is 9.46. The molecule has 0 aromatic rings. The van der Waals surface area contributed by atoms with Crippen molar-refractivity contribution in [2.24, 2.45) is 34.0 Å². The van der Waals surface area contributed by atoms with Gasteiger partial charge in [-0.1, -0.05) is 33.3 Å². The first-order valence-corrected chi connectivity index (χ1v) is 14.8. The lowest BCUT2D eigenvalue weighted by Crippen LogP contribution is -2.61. The van der Waals surface area contributed by atoms with Gasteiger partial charge in [-0.2, -0.15) is 0 Å². The number of Topliss-reactive ketones (excluding diaryl/α,β-unsaturated/α-hetero) is 2. The fourth-order valence-electron chi connectivity index (χ4n) is 8.24. The van der Waals surface area contributed by atoms with E-state index in [4.69, 9.17) is 9.84 Å². The number of ketones is 3. The summed E-state index contributed by atoms with van der Waals surface area (Å²) < 4.78 is 5.13. The van der Waals surface area contributed by atoms with Crippen molar-refractivity contribution < 1.29 is 48.8 Å². The van der Waals surface area contributed by atoms with Crippen molar-refractivity contribution in [2.45, 2.75) is 97.2 Å². The first-order valence-electron chi connectivity index (χ1n) is 14.8. The largest absolute Gasteiger partial charge is 0.479 e. The number of aliphatic carboxylic acids is 1. The molecule has 0 heterocycles. The molecule has 11 heteroatoms. The molecular formula is C31H43NO10. The van der Waals surface area contributed by atoms with E-state index < -0.39 is 52.8 Å². The van der Waals surface area contributed by atoms with Crippen LogP contribution < -0.4 is 5.32 Å². The minimum absolute atomic E-state index is 0.00363. The van der Waals surface area contributed by atoms with Gasteiger partial charge in [-0.3, -0.25) is 24.0 Å². The average Bonchev–Trinajstić information content (AvgIpc) is 3.19. The number of aliphatic hydroxyl groups excluding tert-OH is 1. The van der Waals surface area contributed by atoms with E-state index >= 15 is 0 Å². The van der Waals surface area contributed by atoms with Crippen LogP contribution in [0.15, 0.2) is 11.6 Å². The summed E-state index contributed by atoms with van der Waals surface area (Å²) in [6.45, 7) is 6.03. The number of fused-ring (bicyclic) bond motifs is 5. The van der Waals surface area contributed by atoms with Crippen LogP contribution in [-0.4, -0.2) is 75.4 Å². The lowest BCUT2D eigenvalue weighted by Gasteiger charge is -2.57. The zero-order chi connectivity index (χ0) is 31.3. The molecule has 0 spiro atoms. The van der Waals surface area contributed by atoms with Crippen molar-refractivity contribution in [3.63, 3.8) is 0 Å². The highest BCUT2D eigenvalue weighted by molar-refractivity contribution is 5.95. The molecule has 232 valence electrons. The van der Waals surface area contributed by atoms with Crippen LogP contribution in [0, 0.1) is 34.0 Å². The molecule has 3 saturated carbocycles. The van der Waals surface area contributed by atoms with E-state index in [-0.39, 0.29) is 67.0 Å². The minimum atomic E-state index is -1.83. The number of carboxylic acids is 1. The quantitative estimate of drug-likeness (QED) is 0.274. The maximum atomic E-state index is 13.7. The Balaban J connectivity index is 1.33. The van der Waals surface area contributed by atoms with Gasteiger partial charge in [0.15, 0.2) is 18.5 Å². The van der Waals surface area contributed by atoms with Crippen LogP contribution >= 0.6 is 0 Å². The van der Waals surface area contributed by atoms with E-state index in [1.807, 2.05) is 0 Å². The second kappa shape index (κ2) is 11.3. The summed E-state index contributed by atoms with van der Waals surface area (Å²) in [6, 6.07) is 0. The number of aliphatic hydroxyl groups is 2. The third kappa shape index (κ3) is 5.45. The number of carboxylic acid groups (broad SMARTS) is 1. The molecule has 42 heavy (non-hydrogen) atoms. The lowest BCUT2D eigenvalue weighted by molar-refractivity contribution is -0.173. The number of ether oxygens (including phenoxy) is 1. The average molecular weight is 590 g/mol. The Kier molecular flexibility index (Phi) is 8.61. The summed E-state index contributed by atoms with van der Waals surface area (Å²) in [5, 5.41) is 32.9. The van der Waals surface area contributed by atoms with E-state index in [0.29, 0.717) is 19.3 Å². The van der Waals surface area contributed by atoms with Gasteiger partial charge in [-0.05, 0) is 55.4 Å². The summed E-state index contributed by atoms with van der Waals surface area (Å²) in [5.41, 5.74) is -3.30. The fraction of sp³-hybridized carbons (Fsp3) is 0.742. The van der Waals surface area contributed by atoms with Crippen molar-refractivity contribution in [3.05, 3.63) is 11.6 Å². The Morgan fingerprint density at radius 1 is 1.10 bits per heavy atom. The first-order chi connectivity index (χ1) is 19.5. The second-order valence-corrected chi connectivity index (χ2v) is 13.9. The highest BCUT2D eigenvalue weighted by Gasteiger charge is 2.68. The van der Waals surface area contributed by atoms with E-state index in [2.05, 4.69) is 12.2 Å². The van der Waals surface area contributed by atoms with Crippen molar-refractivity contribution >= 4 is 35.2 Å². The van der Waals surface area contributed by atoms with Crippen molar-refractivity contribution in [1.29, 1.82) is 0 Å². The highest BCUT2D eigenvalue weighted by atomic mass is 16.5. The van der Waals surface area contributed by atoms with Crippen LogP contribution in [0.25, 0.3) is 0 Å². The van der Waals surface area contributed by atoms with Gasteiger partial charge >= 0.3 is 11.9 Å². The van der Waals surface area contributed by atoms with Crippen molar-refractivity contribution in [3.8, 4) is 0 Å². The predicted molar refractivity (Wildman–Crippen MR) is 148 cm³/mol. The molecule has 0 aromatic heterocycles. The number of carbonyl (C=O) groups is 6. The van der Waals surface area contributed by atoms with Gasteiger partial charge in [0.25, 0.3) is 0 Å². The summed E-state index contributed by atoms with van der Waals surface area (Å²) in [4.78, 5) is 74.6. The molecule has 0 unspecified atom stereocenters. The summed E-state index contributed by atoms with van der Waals surface area (Å²) in [7, 11) is 0. The van der Waals surface area contributed by atoms with Crippen LogP contribution in [0.3, 0.4) is 0 Å². The molecule has 4 aliphatic rings. The molecule has 11 nitrogen and oxygen atoms in total. The molecule has 4 rings (SSSR count). The molecule has 1 amide bonds. The first kappa shape index (κ1) is 32.0. The molecular weight excluding hydrogens is 546 g/mol. The summed E-state index contributed by atoms with van der Waals surface area (Å²) >= 11 is 0. The van der Waals surface area contributed by atoms with Gasteiger partial charge in [0, 0.05) is 42.6 Å². The number of carbonyl (C=O) groups excluding carboxylic acids is 5. The molecule has 3 fully saturated rings. The van der Waals surface area contributed by atoms with Crippen LogP contribution in [0.2, 0.25) is 0 Å². The summed E-state index contributed by atoms with van der Waals surface area (Å²) in [6.07, 6.45) is 2.70. The van der Waals surface area contributed by atoms with E-state index in [1.165, 1.54) is 13.8 Å². The van der Waals surface area contributed by atoms with Gasteiger partial charge in [0.05, 0.1) is 6.42 Å². The molecule has 0 aliphatic heterocycles. The van der Waals surface area contributed by atoms with Crippen LogP contribution in [-0.2, 0) is 33.5 Å². The minimum Gasteiger partial charge on any atom is -0.479 e. The maximum absolute atomic E-state index is 13.7. The van der Waals surface area contributed by atoms with Gasteiger partial charge in [-0.25, -0.2) is 4.79 Å². The van der Waals surface area contributed by atoms with Crippen LogP contribution in [0.5, 0.6) is 0 Å². The SMILES string of the molecule is CC(C)(CNC(=O)CCC(=O)OCC(=O)[C@@]1(O)CC[C@@H]2[C@@H]3CCC4=CC(=O)CC[C@]4(C)[C@@H]3C(=O)C[C@@]21C)[C@@H](O)C(=O)O. The smallest absolute Gasteiger partial charge is 0.333 e. The van der Waals surface area contributed by atoms with Gasteiger partial charge in [0.2, 0.25) is 11.7 Å². The second-order valence-electron chi connectivity index (χ2n) is 13.9. The monoisotopic (exact) mass is 589 g/mol. The Hall–Kier alpha value is -2.92. The summed E-state index contributed by atoms with van der Waals surface area (Å²) in [5.74, 6) is -3.63. The fourth-order valence-corrected chi connectivity index (χ4v) is 8.24. The van der Waals surface area contributed by atoms with Gasteiger partial charge in [0.1, 0.15) is 11.4 Å². The number of amides is 1. The van der Waals surface area contributed by atoms with E-state index in [9.17, 15) is 39.0 Å². The number of nitrogens with one attached hydrogen (secondary N) is 1. The topological polar surface area (TPSA) is 184 Å². The zero-order valence-corrected chi connectivity index (χ0v) is 24.9. The molecule has 7 atom stereocenters. The predicted octanol–water partition coefficient (Wildman–Crippen LogP) is 1.91.